The molecule has 0 fully saturated rings. The van der Waals surface area contributed by atoms with E-state index in [9.17, 15) is 0 Å². The summed E-state index contributed by atoms with van der Waals surface area (Å²) in [4.78, 5) is 2.58. The van der Waals surface area contributed by atoms with Crippen LogP contribution in [-0.4, -0.2) is 6.54 Å². The lowest BCUT2D eigenvalue weighted by atomic mass is 9.81. The minimum Gasteiger partial charge on any atom is -0.341 e. The highest BCUT2D eigenvalue weighted by molar-refractivity contribution is 5.83. The number of aryl methyl sites for hydroxylation is 1. The average Bonchev–Trinajstić information content (AvgIpc) is 2.84. The van der Waals surface area contributed by atoms with Crippen molar-refractivity contribution in [2.75, 3.05) is 11.4 Å². The fourth-order valence-electron chi connectivity index (χ4n) is 5.04. The molecule has 33 heavy (non-hydrogen) atoms. The number of hydrogen-bond donors (Lipinski definition) is 0. The summed E-state index contributed by atoms with van der Waals surface area (Å²) in [7, 11) is 0. The number of anilines is 2. The number of hydrogen-bond acceptors (Lipinski definition) is 1. The molecule has 4 rings (SSSR count). The van der Waals surface area contributed by atoms with Crippen LogP contribution in [0.3, 0.4) is 0 Å². The van der Waals surface area contributed by atoms with Crippen LogP contribution in [0.2, 0.25) is 0 Å². The Morgan fingerprint density at radius 2 is 0.909 bits per heavy atom. The van der Waals surface area contributed by atoms with Crippen molar-refractivity contribution in [3.63, 3.8) is 0 Å². The van der Waals surface area contributed by atoms with Crippen LogP contribution in [-0.2, 0) is 6.42 Å². The third-order valence-corrected chi connectivity index (χ3v) is 7.71. The van der Waals surface area contributed by atoms with Crippen molar-refractivity contribution in [3.05, 3.63) is 91.5 Å². The molecule has 1 aliphatic rings. The summed E-state index contributed by atoms with van der Waals surface area (Å²) in [5, 5.41) is 0. The van der Waals surface area contributed by atoms with E-state index < -0.39 is 0 Å². The molecule has 0 aromatic heterocycles. The predicted molar refractivity (Wildman–Crippen MR) is 149 cm³/mol. The summed E-state index contributed by atoms with van der Waals surface area (Å²) in [5.74, 6) is 0. The molecule has 3 aromatic rings. The second-order valence-corrected chi connectivity index (χ2v) is 9.23. The minimum atomic E-state index is 1.02. The van der Waals surface area contributed by atoms with Gasteiger partial charge in [-0.25, -0.2) is 0 Å². The van der Waals surface area contributed by atoms with E-state index in [-0.39, 0.29) is 0 Å². The Labute approximate surface area is 203 Å². The van der Waals surface area contributed by atoms with Gasteiger partial charge in [0.25, 0.3) is 0 Å². The van der Waals surface area contributed by atoms with Gasteiger partial charge in [0.1, 0.15) is 0 Å². The van der Waals surface area contributed by atoms with E-state index in [1.54, 1.807) is 0 Å². The Balaban J connectivity index is 0.000000362. The van der Waals surface area contributed by atoms with Crippen molar-refractivity contribution in [1.82, 2.24) is 0 Å². The highest BCUT2D eigenvalue weighted by Gasteiger charge is 2.30. The van der Waals surface area contributed by atoms with E-state index in [4.69, 9.17) is 0 Å². The summed E-state index contributed by atoms with van der Waals surface area (Å²) in [6, 6.07) is 10.3. The summed E-state index contributed by atoms with van der Waals surface area (Å²) in [6.07, 6.45) is 1.07. The third kappa shape index (κ3) is 4.88. The molecular weight excluding hydrogens is 398 g/mol. The Kier molecular flexibility index (Phi) is 8.95. The molecule has 0 aliphatic carbocycles. The SMILES string of the molecule is CC.CCN1c2c(C)c(C)c(C)c(C)c2Cc2c(C)c(C)c(C)c(C)c21.Cc1ccccc1. The van der Waals surface area contributed by atoms with Gasteiger partial charge in [-0.05, 0) is 125 Å². The molecule has 0 atom stereocenters. The minimum absolute atomic E-state index is 1.02. The average molecular weight is 444 g/mol. The van der Waals surface area contributed by atoms with Crippen LogP contribution in [0.15, 0.2) is 30.3 Å². The van der Waals surface area contributed by atoms with E-state index in [2.05, 4.69) is 86.3 Å². The van der Waals surface area contributed by atoms with E-state index in [0.717, 1.165) is 13.0 Å². The lowest BCUT2D eigenvalue weighted by Gasteiger charge is -2.39. The van der Waals surface area contributed by atoms with Crippen LogP contribution in [0.1, 0.15) is 82.0 Å². The van der Waals surface area contributed by atoms with E-state index in [0.29, 0.717) is 0 Å². The molecule has 1 aliphatic heterocycles. The fraction of sp³-hybridized carbons (Fsp3) is 0.438. The van der Waals surface area contributed by atoms with Gasteiger partial charge < -0.3 is 4.90 Å². The van der Waals surface area contributed by atoms with Crippen LogP contribution in [0.5, 0.6) is 0 Å². The second-order valence-electron chi connectivity index (χ2n) is 9.23. The molecule has 0 spiro atoms. The number of rotatable bonds is 1. The van der Waals surface area contributed by atoms with Gasteiger partial charge in [0.2, 0.25) is 0 Å². The van der Waals surface area contributed by atoms with Gasteiger partial charge in [-0.15, -0.1) is 0 Å². The Morgan fingerprint density at radius 3 is 1.21 bits per heavy atom. The second kappa shape index (κ2) is 11.1. The maximum Gasteiger partial charge on any atom is 0.0481 e. The summed E-state index contributed by atoms with van der Waals surface area (Å²) >= 11 is 0. The summed E-state index contributed by atoms with van der Waals surface area (Å²) in [5.41, 5.74) is 19.0. The molecule has 0 bridgehead atoms. The van der Waals surface area contributed by atoms with E-state index >= 15 is 0 Å². The van der Waals surface area contributed by atoms with Crippen molar-refractivity contribution in [3.8, 4) is 0 Å². The normalized spacial score (nSPS) is 11.6. The molecule has 0 unspecified atom stereocenters. The van der Waals surface area contributed by atoms with E-state index in [1.807, 2.05) is 32.0 Å². The van der Waals surface area contributed by atoms with Crippen molar-refractivity contribution >= 4 is 11.4 Å². The van der Waals surface area contributed by atoms with E-state index in [1.165, 1.54) is 72.6 Å². The molecule has 0 amide bonds. The molecule has 1 heterocycles. The van der Waals surface area contributed by atoms with Crippen LogP contribution < -0.4 is 4.90 Å². The lowest BCUT2D eigenvalue weighted by molar-refractivity contribution is 0.917. The van der Waals surface area contributed by atoms with Crippen LogP contribution >= 0.6 is 0 Å². The number of nitrogens with zero attached hydrogens (tertiary/aromatic N) is 1. The lowest BCUT2D eigenvalue weighted by Crippen LogP contribution is -2.27. The molecule has 0 saturated carbocycles. The van der Waals surface area contributed by atoms with Crippen LogP contribution in [0, 0.1) is 62.3 Å². The van der Waals surface area contributed by atoms with Gasteiger partial charge in [-0.3, -0.25) is 0 Å². The summed E-state index contributed by atoms with van der Waals surface area (Å²) in [6.45, 7) is 27.7. The molecule has 1 nitrogen and oxygen atoms in total. The maximum atomic E-state index is 2.58. The first-order valence-corrected chi connectivity index (χ1v) is 12.6. The number of benzene rings is 3. The zero-order chi connectivity index (χ0) is 25.0. The fourth-order valence-corrected chi connectivity index (χ4v) is 5.04. The van der Waals surface area contributed by atoms with Gasteiger partial charge in [-0.2, -0.15) is 0 Å². The number of fused-ring (bicyclic) bond motifs is 2. The summed E-state index contributed by atoms with van der Waals surface area (Å²) < 4.78 is 0. The smallest absolute Gasteiger partial charge is 0.0481 e. The first kappa shape index (κ1) is 26.7. The quantitative estimate of drug-likeness (QED) is 0.362. The molecule has 3 aromatic carbocycles. The molecule has 0 saturated heterocycles. The molecule has 1 heteroatoms. The van der Waals surface area contributed by atoms with Crippen LogP contribution in [0.25, 0.3) is 0 Å². The molecular formula is C32H45N. The third-order valence-electron chi connectivity index (χ3n) is 7.71. The van der Waals surface area contributed by atoms with Crippen LogP contribution in [0.4, 0.5) is 11.4 Å². The maximum absolute atomic E-state index is 2.58. The zero-order valence-corrected chi connectivity index (χ0v) is 23.2. The zero-order valence-electron chi connectivity index (χ0n) is 23.2. The van der Waals surface area contributed by atoms with Gasteiger partial charge in [-0.1, -0.05) is 49.7 Å². The van der Waals surface area contributed by atoms with Crippen molar-refractivity contribution < 1.29 is 0 Å². The first-order valence-electron chi connectivity index (χ1n) is 12.6. The molecule has 178 valence electrons. The van der Waals surface area contributed by atoms with Crippen molar-refractivity contribution in [1.29, 1.82) is 0 Å². The Morgan fingerprint density at radius 1 is 0.545 bits per heavy atom. The standard InChI is InChI=1S/C23H31N.C7H8.C2H6/c1-10-24-22-18(8)14(4)12(2)16(6)20(22)11-21-17(7)13(3)15(5)19(9)23(21)24;1-7-5-3-2-4-6-7;1-2/h10-11H2,1-9H3;2-6H,1H3;1-2H3. The Bertz CT molecular complexity index is 1050. The highest BCUT2D eigenvalue weighted by atomic mass is 15.1. The van der Waals surface area contributed by atoms with Gasteiger partial charge in [0.05, 0.1) is 0 Å². The van der Waals surface area contributed by atoms with Crippen molar-refractivity contribution in [2.24, 2.45) is 0 Å². The van der Waals surface area contributed by atoms with Gasteiger partial charge in [0, 0.05) is 24.3 Å². The molecule has 0 N–H and O–H groups in total. The molecule has 0 radical (unpaired) electrons. The predicted octanol–water partition coefficient (Wildman–Crippen LogP) is 9.24. The largest absolute Gasteiger partial charge is 0.341 e. The van der Waals surface area contributed by atoms with Crippen molar-refractivity contribution in [2.45, 2.75) is 89.5 Å². The first-order chi connectivity index (χ1) is 15.6. The Hall–Kier alpha value is -2.54. The topological polar surface area (TPSA) is 3.24 Å². The van der Waals surface area contributed by atoms with Gasteiger partial charge >= 0.3 is 0 Å². The monoisotopic (exact) mass is 443 g/mol. The van der Waals surface area contributed by atoms with Gasteiger partial charge in [0.15, 0.2) is 0 Å². The highest BCUT2D eigenvalue weighted by Crippen LogP contribution is 2.47.